The molecule has 2 unspecified atom stereocenters. The Morgan fingerprint density at radius 1 is 1.19 bits per heavy atom. The Labute approximate surface area is 125 Å². The predicted molar refractivity (Wildman–Crippen MR) is 78.4 cm³/mol. The smallest absolute Gasteiger partial charge is 0.172 e. The highest BCUT2D eigenvalue weighted by molar-refractivity contribution is 6.01. The average molecular weight is 287 g/mol. The summed E-state index contributed by atoms with van der Waals surface area (Å²) in [6.07, 6.45) is 9.24. The number of nitrogens with zero attached hydrogens (tertiary/aromatic N) is 1. The lowest BCUT2D eigenvalue weighted by molar-refractivity contribution is -0.125. The van der Waals surface area contributed by atoms with Crippen molar-refractivity contribution in [3.8, 4) is 0 Å². The molecule has 0 aromatic carbocycles. The van der Waals surface area contributed by atoms with Gasteiger partial charge in [-0.05, 0) is 61.3 Å². The first-order chi connectivity index (χ1) is 9.83. The summed E-state index contributed by atoms with van der Waals surface area (Å²) >= 11 is 0. The standard InChI is InChI=1S/C18H22FNO/c1-16-5-12-6-17(2,9-16)11-18(7-12,10-16)15(21)13-3-4-20-8-14(13)19/h3-4,8,12H,5-7,9-11H2,1-2H3. The zero-order valence-electron chi connectivity index (χ0n) is 12.8. The van der Waals surface area contributed by atoms with Crippen LogP contribution in [-0.2, 0) is 0 Å². The van der Waals surface area contributed by atoms with Crippen molar-refractivity contribution >= 4 is 5.78 Å². The number of ketones is 1. The van der Waals surface area contributed by atoms with E-state index in [-0.39, 0.29) is 27.6 Å². The maximum absolute atomic E-state index is 14.0. The van der Waals surface area contributed by atoms with E-state index < -0.39 is 5.82 Å². The minimum Gasteiger partial charge on any atom is -0.293 e. The van der Waals surface area contributed by atoms with Gasteiger partial charge < -0.3 is 0 Å². The minimum atomic E-state index is -0.464. The van der Waals surface area contributed by atoms with E-state index >= 15 is 0 Å². The lowest BCUT2D eigenvalue weighted by atomic mass is 9.39. The molecule has 112 valence electrons. The molecular formula is C18H22FNO. The number of pyridine rings is 1. The number of hydrogen-bond acceptors (Lipinski definition) is 2. The fourth-order valence-electron chi connectivity index (χ4n) is 6.55. The Kier molecular flexibility index (Phi) is 2.51. The van der Waals surface area contributed by atoms with Crippen LogP contribution in [0.2, 0.25) is 0 Å². The molecule has 2 atom stereocenters. The molecule has 4 bridgehead atoms. The SMILES string of the molecule is CC12CC3CC(C)(C1)CC(C(=O)c1ccncc1F)(C3)C2. The minimum absolute atomic E-state index is 0.0314. The Hall–Kier alpha value is -1.25. The predicted octanol–water partition coefficient (Wildman–Crippen LogP) is 4.40. The molecule has 4 fully saturated rings. The molecule has 1 aromatic heterocycles. The van der Waals surface area contributed by atoms with Gasteiger partial charge in [-0.1, -0.05) is 13.8 Å². The molecule has 0 amide bonds. The molecule has 0 N–H and O–H groups in total. The first-order valence-corrected chi connectivity index (χ1v) is 7.98. The zero-order chi connectivity index (χ0) is 14.9. The Morgan fingerprint density at radius 3 is 2.43 bits per heavy atom. The second kappa shape index (κ2) is 3.93. The highest BCUT2D eigenvalue weighted by Crippen LogP contribution is 2.70. The Morgan fingerprint density at radius 2 is 1.86 bits per heavy atom. The third-order valence-electron chi connectivity index (χ3n) is 6.12. The van der Waals surface area contributed by atoms with Crippen LogP contribution in [0.4, 0.5) is 4.39 Å². The number of hydrogen-bond donors (Lipinski definition) is 0. The normalized spacial score (nSPS) is 44.0. The molecule has 0 radical (unpaired) electrons. The molecule has 2 nitrogen and oxygen atoms in total. The third-order valence-corrected chi connectivity index (χ3v) is 6.12. The zero-order valence-corrected chi connectivity index (χ0v) is 12.8. The number of Topliss-reactive ketones (excluding diaryl/α,β-unsaturated/α-hetero) is 1. The van der Waals surface area contributed by atoms with E-state index in [4.69, 9.17) is 0 Å². The quantitative estimate of drug-likeness (QED) is 0.755. The van der Waals surface area contributed by atoms with Crippen LogP contribution in [0.15, 0.2) is 18.5 Å². The van der Waals surface area contributed by atoms with Crippen molar-refractivity contribution < 1.29 is 9.18 Å². The van der Waals surface area contributed by atoms with Gasteiger partial charge in [-0.15, -0.1) is 0 Å². The van der Waals surface area contributed by atoms with Gasteiger partial charge in [0.15, 0.2) is 11.6 Å². The fraction of sp³-hybridized carbons (Fsp3) is 0.667. The van der Waals surface area contributed by atoms with Gasteiger partial charge in [0.05, 0.1) is 11.8 Å². The maximum Gasteiger partial charge on any atom is 0.172 e. The van der Waals surface area contributed by atoms with Gasteiger partial charge in [0.1, 0.15) is 0 Å². The molecule has 3 heteroatoms. The van der Waals surface area contributed by atoms with Crippen molar-refractivity contribution in [1.29, 1.82) is 0 Å². The van der Waals surface area contributed by atoms with Crippen molar-refractivity contribution in [2.24, 2.45) is 22.2 Å². The number of halogens is 1. The van der Waals surface area contributed by atoms with Crippen molar-refractivity contribution in [3.63, 3.8) is 0 Å². The van der Waals surface area contributed by atoms with Crippen molar-refractivity contribution in [2.45, 2.75) is 52.4 Å². The summed E-state index contributed by atoms with van der Waals surface area (Å²) in [5, 5.41) is 0. The largest absolute Gasteiger partial charge is 0.293 e. The van der Waals surface area contributed by atoms with Crippen LogP contribution in [0, 0.1) is 28.0 Å². The Balaban J connectivity index is 1.78. The highest BCUT2D eigenvalue weighted by atomic mass is 19.1. The number of carbonyl (C=O) groups excluding carboxylic acids is 1. The van der Waals surface area contributed by atoms with Crippen LogP contribution >= 0.6 is 0 Å². The van der Waals surface area contributed by atoms with Gasteiger partial charge in [0, 0.05) is 11.6 Å². The molecule has 1 heterocycles. The summed E-state index contributed by atoms with van der Waals surface area (Å²) in [5.74, 6) is 0.211. The molecule has 5 rings (SSSR count). The first-order valence-electron chi connectivity index (χ1n) is 7.98. The molecule has 0 saturated heterocycles. The van der Waals surface area contributed by atoms with Crippen LogP contribution in [0.25, 0.3) is 0 Å². The van der Waals surface area contributed by atoms with Gasteiger partial charge in [0.25, 0.3) is 0 Å². The summed E-state index contributed by atoms with van der Waals surface area (Å²) in [4.78, 5) is 16.9. The van der Waals surface area contributed by atoms with E-state index in [1.165, 1.54) is 25.5 Å². The molecule has 1 aromatic rings. The molecule has 0 aliphatic heterocycles. The topological polar surface area (TPSA) is 30.0 Å². The molecule has 4 aliphatic carbocycles. The van der Waals surface area contributed by atoms with Gasteiger partial charge in [0.2, 0.25) is 0 Å². The van der Waals surface area contributed by atoms with E-state index in [9.17, 15) is 9.18 Å². The summed E-state index contributed by atoms with van der Waals surface area (Å²) in [7, 11) is 0. The van der Waals surface area contributed by atoms with Crippen molar-refractivity contribution in [2.75, 3.05) is 0 Å². The second-order valence-electron chi connectivity index (χ2n) is 8.60. The van der Waals surface area contributed by atoms with Gasteiger partial charge in [-0.25, -0.2) is 4.39 Å². The van der Waals surface area contributed by atoms with Crippen LogP contribution < -0.4 is 0 Å². The summed E-state index contributed by atoms with van der Waals surface area (Å²) in [5.41, 5.74) is 0.463. The summed E-state index contributed by atoms with van der Waals surface area (Å²) in [6, 6.07) is 1.56. The Bertz CT molecular complexity index is 607. The van der Waals surface area contributed by atoms with E-state index in [0.717, 1.165) is 25.5 Å². The van der Waals surface area contributed by atoms with Gasteiger partial charge >= 0.3 is 0 Å². The van der Waals surface area contributed by atoms with Crippen molar-refractivity contribution in [3.05, 3.63) is 29.8 Å². The second-order valence-corrected chi connectivity index (χ2v) is 8.60. The molecule has 4 saturated carbocycles. The van der Waals surface area contributed by atoms with Crippen LogP contribution in [0.3, 0.4) is 0 Å². The number of carbonyl (C=O) groups is 1. The lowest BCUT2D eigenvalue weighted by Gasteiger charge is -2.64. The lowest BCUT2D eigenvalue weighted by Crippen LogP contribution is -2.57. The van der Waals surface area contributed by atoms with Crippen molar-refractivity contribution in [1.82, 2.24) is 4.98 Å². The fourth-order valence-corrected chi connectivity index (χ4v) is 6.55. The number of rotatable bonds is 2. The number of aromatic nitrogens is 1. The molecule has 0 spiro atoms. The average Bonchev–Trinajstić information content (AvgIpc) is 2.34. The van der Waals surface area contributed by atoms with E-state index in [1.807, 2.05) is 0 Å². The van der Waals surface area contributed by atoms with Crippen LogP contribution in [-0.4, -0.2) is 10.8 Å². The maximum atomic E-state index is 14.0. The third kappa shape index (κ3) is 1.89. The van der Waals surface area contributed by atoms with Gasteiger partial charge in [-0.2, -0.15) is 0 Å². The summed E-state index contributed by atoms with van der Waals surface area (Å²) in [6.45, 7) is 4.67. The first kappa shape index (κ1) is 13.4. The van der Waals surface area contributed by atoms with E-state index in [0.29, 0.717) is 5.92 Å². The van der Waals surface area contributed by atoms with Crippen LogP contribution in [0.5, 0.6) is 0 Å². The van der Waals surface area contributed by atoms with E-state index in [1.54, 1.807) is 6.07 Å². The van der Waals surface area contributed by atoms with Gasteiger partial charge in [-0.3, -0.25) is 9.78 Å². The monoisotopic (exact) mass is 287 g/mol. The molecule has 4 aliphatic rings. The van der Waals surface area contributed by atoms with E-state index in [2.05, 4.69) is 18.8 Å². The highest BCUT2D eigenvalue weighted by Gasteiger charge is 2.62. The van der Waals surface area contributed by atoms with Crippen LogP contribution in [0.1, 0.15) is 62.7 Å². The molecule has 21 heavy (non-hydrogen) atoms. The molecular weight excluding hydrogens is 265 g/mol. The summed E-state index contributed by atoms with van der Waals surface area (Å²) < 4.78 is 14.0.